The van der Waals surface area contributed by atoms with Crippen LogP contribution in [0.5, 0.6) is 0 Å². The predicted octanol–water partition coefficient (Wildman–Crippen LogP) is 4.13. The molecule has 5 heteroatoms. The first kappa shape index (κ1) is 13.5. The molecule has 1 N–H and O–H groups in total. The van der Waals surface area contributed by atoms with E-state index in [0.29, 0.717) is 10.0 Å². The molecule has 0 spiro atoms. The zero-order valence-corrected chi connectivity index (χ0v) is 10.3. The molecule has 1 rings (SSSR count). The molecule has 0 bridgehead atoms. The molecule has 0 fully saturated rings. The monoisotopic (exact) mass is 296 g/mol. The number of aliphatic hydroxyl groups is 1. The van der Waals surface area contributed by atoms with Crippen molar-refractivity contribution < 1.29 is 18.3 Å². The average Bonchev–Trinajstić information content (AvgIpc) is 2.17. The van der Waals surface area contributed by atoms with E-state index in [-0.39, 0.29) is 6.42 Å². The molecule has 0 aromatic heterocycles. The summed E-state index contributed by atoms with van der Waals surface area (Å²) >= 11 is 3.26. The summed E-state index contributed by atoms with van der Waals surface area (Å²) in [5.74, 6) is 0. The SMILES string of the molecule is Cc1cccc(C(O)CCC(F)(F)F)c1Br. The number of aryl methyl sites for hydroxylation is 1. The molecule has 1 aromatic carbocycles. The highest BCUT2D eigenvalue weighted by Crippen LogP contribution is 2.32. The fourth-order valence-electron chi connectivity index (χ4n) is 1.38. The highest BCUT2D eigenvalue weighted by Gasteiger charge is 2.28. The van der Waals surface area contributed by atoms with Gasteiger partial charge in [-0.2, -0.15) is 13.2 Å². The standard InChI is InChI=1S/C11H12BrF3O/c1-7-3-2-4-8(10(7)12)9(16)5-6-11(13,14)15/h2-4,9,16H,5-6H2,1H3. The first-order valence-electron chi connectivity index (χ1n) is 4.81. The largest absolute Gasteiger partial charge is 0.389 e. The predicted molar refractivity (Wildman–Crippen MR) is 59.1 cm³/mol. The molecule has 1 nitrogen and oxygen atoms in total. The molecule has 0 aliphatic heterocycles. The number of halogens is 4. The zero-order chi connectivity index (χ0) is 12.3. The lowest BCUT2D eigenvalue weighted by atomic mass is 10.0. The van der Waals surface area contributed by atoms with Crippen molar-refractivity contribution >= 4 is 15.9 Å². The van der Waals surface area contributed by atoms with Crippen LogP contribution in [0.4, 0.5) is 13.2 Å². The number of hydrogen-bond acceptors (Lipinski definition) is 1. The molecule has 0 saturated carbocycles. The topological polar surface area (TPSA) is 20.2 Å². The van der Waals surface area contributed by atoms with Crippen LogP contribution in [0.25, 0.3) is 0 Å². The Morgan fingerprint density at radius 1 is 1.38 bits per heavy atom. The smallest absolute Gasteiger partial charge is 0.388 e. The lowest BCUT2D eigenvalue weighted by Gasteiger charge is -2.15. The van der Waals surface area contributed by atoms with Crippen LogP contribution >= 0.6 is 15.9 Å². The molecular weight excluding hydrogens is 285 g/mol. The third-order valence-electron chi connectivity index (χ3n) is 2.28. The molecule has 16 heavy (non-hydrogen) atoms. The number of benzene rings is 1. The van der Waals surface area contributed by atoms with E-state index in [9.17, 15) is 18.3 Å². The van der Waals surface area contributed by atoms with Crippen LogP contribution in [0.2, 0.25) is 0 Å². The van der Waals surface area contributed by atoms with Crippen LogP contribution in [0.3, 0.4) is 0 Å². The highest BCUT2D eigenvalue weighted by molar-refractivity contribution is 9.10. The van der Waals surface area contributed by atoms with E-state index in [2.05, 4.69) is 15.9 Å². The van der Waals surface area contributed by atoms with Gasteiger partial charge in [0.1, 0.15) is 0 Å². The molecule has 90 valence electrons. The van der Waals surface area contributed by atoms with E-state index < -0.39 is 18.7 Å². The van der Waals surface area contributed by atoms with Gasteiger partial charge in [-0.25, -0.2) is 0 Å². The number of alkyl halides is 3. The molecule has 0 aliphatic carbocycles. The Kier molecular flexibility index (Phi) is 4.38. The van der Waals surface area contributed by atoms with Gasteiger partial charge in [0, 0.05) is 10.9 Å². The van der Waals surface area contributed by atoms with Crippen molar-refractivity contribution in [2.24, 2.45) is 0 Å². The van der Waals surface area contributed by atoms with E-state index >= 15 is 0 Å². The van der Waals surface area contributed by atoms with E-state index in [1.165, 1.54) is 0 Å². The summed E-state index contributed by atoms with van der Waals surface area (Å²) in [5, 5.41) is 9.66. The Balaban J connectivity index is 2.73. The van der Waals surface area contributed by atoms with Gasteiger partial charge in [0.2, 0.25) is 0 Å². The molecule has 0 saturated heterocycles. The lowest BCUT2D eigenvalue weighted by Crippen LogP contribution is -2.10. The quantitative estimate of drug-likeness (QED) is 0.889. The third kappa shape index (κ3) is 3.79. The van der Waals surface area contributed by atoms with Crippen LogP contribution in [0.15, 0.2) is 22.7 Å². The molecule has 1 unspecified atom stereocenters. The summed E-state index contributed by atoms with van der Waals surface area (Å²) in [6, 6.07) is 5.16. The van der Waals surface area contributed by atoms with Gasteiger partial charge in [-0.1, -0.05) is 34.1 Å². The van der Waals surface area contributed by atoms with Crippen LogP contribution in [-0.2, 0) is 0 Å². The molecule has 0 radical (unpaired) electrons. The van der Waals surface area contributed by atoms with Crippen LogP contribution in [0, 0.1) is 6.92 Å². The molecular formula is C11H12BrF3O. The van der Waals surface area contributed by atoms with Gasteiger partial charge in [-0.3, -0.25) is 0 Å². The van der Waals surface area contributed by atoms with Gasteiger partial charge in [-0.05, 0) is 24.5 Å². The zero-order valence-electron chi connectivity index (χ0n) is 8.68. The lowest BCUT2D eigenvalue weighted by molar-refractivity contribution is -0.140. The summed E-state index contributed by atoms with van der Waals surface area (Å²) in [7, 11) is 0. The van der Waals surface area contributed by atoms with Crippen LogP contribution in [-0.4, -0.2) is 11.3 Å². The van der Waals surface area contributed by atoms with Crippen LogP contribution in [0.1, 0.15) is 30.1 Å². The Morgan fingerprint density at radius 3 is 2.56 bits per heavy atom. The van der Waals surface area contributed by atoms with Crippen molar-refractivity contribution in [3.05, 3.63) is 33.8 Å². The third-order valence-corrected chi connectivity index (χ3v) is 3.37. The minimum absolute atomic E-state index is 0.314. The second kappa shape index (κ2) is 5.19. The Hall–Kier alpha value is -0.550. The maximum absolute atomic E-state index is 12.0. The minimum Gasteiger partial charge on any atom is -0.388 e. The van der Waals surface area contributed by atoms with Gasteiger partial charge < -0.3 is 5.11 Å². The van der Waals surface area contributed by atoms with E-state index in [0.717, 1.165) is 5.56 Å². The summed E-state index contributed by atoms with van der Waals surface area (Å²) in [4.78, 5) is 0. The molecule has 0 amide bonds. The van der Waals surface area contributed by atoms with Crippen molar-refractivity contribution in [3.63, 3.8) is 0 Å². The summed E-state index contributed by atoms with van der Waals surface area (Å²) in [5.41, 5.74) is 1.40. The normalized spacial score (nSPS) is 13.9. The Labute approximate surface area is 100 Å². The van der Waals surface area contributed by atoms with Gasteiger partial charge in [0.25, 0.3) is 0 Å². The average molecular weight is 297 g/mol. The van der Waals surface area contributed by atoms with Gasteiger partial charge in [0.15, 0.2) is 0 Å². The first-order chi connectivity index (χ1) is 7.31. The first-order valence-corrected chi connectivity index (χ1v) is 5.60. The minimum atomic E-state index is -4.22. The second-order valence-corrected chi connectivity index (χ2v) is 4.44. The molecule has 0 aliphatic rings. The van der Waals surface area contributed by atoms with Crippen molar-refractivity contribution in [1.29, 1.82) is 0 Å². The van der Waals surface area contributed by atoms with Gasteiger partial charge >= 0.3 is 6.18 Å². The van der Waals surface area contributed by atoms with E-state index in [1.54, 1.807) is 12.1 Å². The molecule has 1 aromatic rings. The Bertz CT molecular complexity index is 363. The van der Waals surface area contributed by atoms with E-state index in [1.807, 2.05) is 13.0 Å². The van der Waals surface area contributed by atoms with Crippen molar-refractivity contribution in [3.8, 4) is 0 Å². The maximum Gasteiger partial charge on any atom is 0.389 e. The highest BCUT2D eigenvalue weighted by atomic mass is 79.9. The molecule has 1 atom stereocenters. The number of hydrogen-bond donors (Lipinski definition) is 1. The summed E-state index contributed by atoms with van der Waals surface area (Å²) in [6.07, 6.45) is -6.60. The van der Waals surface area contributed by atoms with Crippen molar-refractivity contribution in [2.45, 2.75) is 32.0 Å². The fourth-order valence-corrected chi connectivity index (χ4v) is 1.91. The van der Waals surface area contributed by atoms with Crippen LogP contribution < -0.4 is 0 Å². The van der Waals surface area contributed by atoms with E-state index in [4.69, 9.17) is 0 Å². The number of rotatable bonds is 3. The summed E-state index contributed by atoms with van der Waals surface area (Å²) in [6.45, 7) is 1.82. The van der Waals surface area contributed by atoms with Crippen molar-refractivity contribution in [1.82, 2.24) is 0 Å². The number of aliphatic hydroxyl groups excluding tert-OH is 1. The van der Waals surface area contributed by atoms with Gasteiger partial charge in [-0.15, -0.1) is 0 Å². The van der Waals surface area contributed by atoms with Crippen molar-refractivity contribution in [2.75, 3.05) is 0 Å². The fraction of sp³-hybridized carbons (Fsp3) is 0.455. The maximum atomic E-state index is 12.0. The summed E-state index contributed by atoms with van der Waals surface area (Å²) < 4.78 is 36.6. The second-order valence-electron chi connectivity index (χ2n) is 3.65. The van der Waals surface area contributed by atoms with Gasteiger partial charge in [0.05, 0.1) is 6.10 Å². The molecule has 0 heterocycles. The Morgan fingerprint density at radius 2 is 2.00 bits per heavy atom.